The van der Waals surface area contributed by atoms with E-state index in [0.717, 1.165) is 43.2 Å². The third-order valence-corrected chi connectivity index (χ3v) is 4.76. The first-order valence-corrected chi connectivity index (χ1v) is 9.34. The largest absolute Gasteiger partial charge is 0.496 e. The van der Waals surface area contributed by atoms with Gasteiger partial charge in [-0.05, 0) is 48.6 Å². The number of aryl methyl sites for hydroxylation is 1. The predicted molar refractivity (Wildman–Crippen MR) is 113 cm³/mol. The van der Waals surface area contributed by atoms with Gasteiger partial charge in [-0.1, -0.05) is 30.3 Å². The molecule has 0 spiro atoms. The summed E-state index contributed by atoms with van der Waals surface area (Å²) in [7, 11) is 3.51. The Bertz CT molecular complexity index is 914. The number of methoxy groups -OCH3 is 1. The minimum Gasteiger partial charge on any atom is -0.496 e. The van der Waals surface area contributed by atoms with Crippen LogP contribution in [0.3, 0.4) is 0 Å². The van der Waals surface area contributed by atoms with E-state index in [1.54, 1.807) is 14.2 Å². The second-order valence-corrected chi connectivity index (χ2v) is 6.59. The molecule has 0 aliphatic carbocycles. The van der Waals surface area contributed by atoms with E-state index in [4.69, 9.17) is 4.74 Å². The molecule has 0 fully saturated rings. The number of fused-ring (bicyclic) bond motifs is 1. The number of benzene rings is 2. The molecule has 0 atom stereocenters. The quantitative estimate of drug-likeness (QED) is 0.445. The van der Waals surface area contributed by atoms with Crippen LogP contribution in [0.5, 0.6) is 5.75 Å². The number of aliphatic imine (C=N–C) groups is 1. The summed E-state index contributed by atoms with van der Waals surface area (Å²) in [5, 5.41) is 8.06. The Balaban J connectivity index is 1.45. The molecular weight excluding hydrogens is 336 g/mol. The average Bonchev–Trinajstić information content (AvgIpc) is 3.11. The van der Waals surface area contributed by atoms with Crippen molar-refractivity contribution in [1.82, 2.24) is 15.6 Å². The van der Waals surface area contributed by atoms with Crippen LogP contribution in [0.15, 0.2) is 53.7 Å². The van der Waals surface area contributed by atoms with Gasteiger partial charge in [-0.2, -0.15) is 0 Å². The van der Waals surface area contributed by atoms with Gasteiger partial charge in [0.1, 0.15) is 5.75 Å². The molecule has 0 unspecified atom stereocenters. The summed E-state index contributed by atoms with van der Waals surface area (Å²) in [6, 6.07) is 14.7. The van der Waals surface area contributed by atoms with E-state index in [-0.39, 0.29) is 0 Å². The zero-order chi connectivity index (χ0) is 19.1. The number of aromatic nitrogens is 1. The molecule has 0 radical (unpaired) electrons. The lowest BCUT2D eigenvalue weighted by Crippen LogP contribution is -2.39. The average molecular weight is 364 g/mol. The maximum absolute atomic E-state index is 5.39. The van der Waals surface area contributed by atoms with Gasteiger partial charge in [0.2, 0.25) is 0 Å². The number of aromatic amines is 1. The lowest BCUT2D eigenvalue weighted by Gasteiger charge is -2.12. The van der Waals surface area contributed by atoms with Crippen molar-refractivity contribution in [3.05, 3.63) is 65.4 Å². The molecule has 0 amide bonds. The number of guanidine groups is 1. The fourth-order valence-corrected chi connectivity index (χ4v) is 3.22. The number of rotatable bonds is 7. The van der Waals surface area contributed by atoms with Crippen LogP contribution < -0.4 is 15.4 Å². The first-order chi connectivity index (χ1) is 13.2. The number of hydrogen-bond donors (Lipinski definition) is 3. The van der Waals surface area contributed by atoms with Crippen molar-refractivity contribution in [2.24, 2.45) is 4.99 Å². The van der Waals surface area contributed by atoms with E-state index in [0.29, 0.717) is 0 Å². The first-order valence-electron chi connectivity index (χ1n) is 9.34. The van der Waals surface area contributed by atoms with E-state index >= 15 is 0 Å². The van der Waals surface area contributed by atoms with Crippen molar-refractivity contribution in [3.63, 3.8) is 0 Å². The number of nitrogens with one attached hydrogen (secondary N) is 3. The zero-order valence-corrected chi connectivity index (χ0v) is 16.3. The van der Waals surface area contributed by atoms with Crippen LogP contribution in [0, 0.1) is 6.92 Å². The summed E-state index contributed by atoms with van der Waals surface area (Å²) in [4.78, 5) is 7.63. The van der Waals surface area contributed by atoms with Gasteiger partial charge in [-0.3, -0.25) is 4.99 Å². The highest BCUT2D eigenvalue weighted by atomic mass is 16.5. The normalized spacial score (nSPS) is 11.6. The minimum atomic E-state index is 0.818. The van der Waals surface area contributed by atoms with Gasteiger partial charge in [0, 0.05) is 37.2 Å². The van der Waals surface area contributed by atoms with Crippen LogP contribution in [0.2, 0.25) is 0 Å². The summed E-state index contributed by atoms with van der Waals surface area (Å²) < 4.78 is 5.39. The number of para-hydroxylation sites is 1. The minimum absolute atomic E-state index is 0.818. The van der Waals surface area contributed by atoms with Crippen molar-refractivity contribution in [3.8, 4) is 5.75 Å². The van der Waals surface area contributed by atoms with Crippen LogP contribution >= 0.6 is 0 Å². The van der Waals surface area contributed by atoms with Gasteiger partial charge in [0.15, 0.2) is 5.96 Å². The van der Waals surface area contributed by atoms with Gasteiger partial charge in [0.05, 0.1) is 7.11 Å². The second kappa shape index (κ2) is 9.12. The molecule has 1 aromatic heterocycles. The van der Waals surface area contributed by atoms with Crippen molar-refractivity contribution in [2.75, 3.05) is 27.2 Å². The van der Waals surface area contributed by atoms with Gasteiger partial charge < -0.3 is 20.4 Å². The van der Waals surface area contributed by atoms with Gasteiger partial charge in [-0.25, -0.2) is 0 Å². The smallest absolute Gasteiger partial charge is 0.190 e. The summed E-state index contributed by atoms with van der Waals surface area (Å²) >= 11 is 0. The Labute approximate surface area is 160 Å². The Morgan fingerprint density at radius 3 is 2.63 bits per heavy atom. The number of nitrogens with zero attached hydrogens (tertiary/aromatic N) is 1. The maximum atomic E-state index is 5.39. The van der Waals surface area contributed by atoms with E-state index in [2.05, 4.69) is 76.2 Å². The molecule has 5 nitrogen and oxygen atoms in total. The zero-order valence-electron chi connectivity index (χ0n) is 16.3. The van der Waals surface area contributed by atoms with E-state index < -0.39 is 0 Å². The van der Waals surface area contributed by atoms with E-state index in [1.807, 2.05) is 0 Å². The number of hydrogen-bond acceptors (Lipinski definition) is 2. The molecule has 0 aliphatic rings. The molecule has 1 heterocycles. The van der Waals surface area contributed by atoms with Crippen LogP contribution in [0.25, 0.3) is 10.9 Å². The SMILES string of the molecule is CN=C(NCCc1ccc(C)c(OC)c1)NCCc1c[nH]c2ccccc12. The number of ether oxygens (including phenoxy) is 1. The van der Waals surface area contributed by atoms with Gasteiger partial charge in [-0.15, -0.1) is 0 Å². The highest BCUT2D eigenvalue weighted by molar-refractivity contribution is 5.83. The Morgan fingerprint density at radius 2 is 1.85 bits per heavy atom. The van der Waals surface area contributed by atoms with Crippen molar-refractivity contribution < 1.29 is 4.74 Å². The van der Waals surface area contributed by atoms with Crippen LogP contribution in [0.1, 0.15) is 16.7 Å². The second-order valence-electron chi connectivity index (χ2n) is 6.59. The molecule has 0 saturated carbocycles. The lowest BCUT2D eigenvalue weighted by molar-refractivity contribution is 0.411. The molecule has 3 N–H and O–H groups in total. The topological polar surface area (TPSA) is 61.4 Å². The maximum Gasteiger partial charge on any atom is 0.190 e. The molecule has 5 heteroatoms. The molecule has 0 bridgehead atoms. The third kappa shape index (κ3) is 4.82. The van der Waals surface area contributed by atoms with Crippen LogP contribution in [-0.4, -0.2) is 38.2 Å². The van der Waals surface area contributed by atoms with Crippen molar-refractivity contribution in [1.29, 1.82) is 0 Å². The standard InChI is InChI=1S/C22H28N4O/c1-16-8-9-17(14-21(16)27-3)10-12-24-22(23-2)25-13-11-18-15-26-20-7-5-4-6-19(18)20/h4-9,14-15,26H,10-13H2,1-3H3,(H2,23,24,25). The summed E-state index contributed by atoms with van der Waals surface area (Å²) in [5.74, 6) is 1.77. The molecular formula is C22H28N4O. The Kier molecular flexibility index (Phi) is 6.36. The van der Waals surface area contributed by atoms with E-state index in [1.165, 1.54) is 22.0 Å². The fourth-order valence-electron chi connectivity index (χ4n) is 3.22. The molecule has 0 saturated heterocycles. The molecule has 0 aliphatic heterocycles. The van der Waals surface area contributed by atoms with Crippen LogP contribution in [0.4, 0.5) is 0 Å². The monoisotopic (exact) mass is 364 g/mol. The Morgan fingerprint density at radius 1 is 1.07 bits per heavy atom. The first kappa shape index (κ1) is 18.8. The molecule has 27 heavy (non-hydrogen) atoms. The highest BCUT2D eigenvalue weighted by Crippen LogP contribution is 2.19. The Hall–Kier alpha value is -2.95. The molecule has 3 rings (SSSR count). The predicted octanol–water partition coefficient (Wildman–Crippen LogP) is 3.44. The van der Waals surface area contributed by atoms with Gasteiger partial charge >= 0.3 is 0 Å². The highest BCUT2D eigenvalue weighted by Gasteiger charge is 2.04. The van der Waals surface area contributed by atoms with Crippen LogP contribution in [-0.2, 0) is 12.8 Å². The van der Waals surface area contributed by atoms with Crippen molar-refractivity contribution in [2.45, 2.75) is 19.8 Å². The third-order valence-electron chi connectivity index (χ3n) is 4.76. The van der Waals surface area contributed by atoms with E-state index in [9.17, 15) is 0 Å². The fraction of sp³-hybridized carbons (Fsp3) is 0.318. The van der Waals surface area contributed by atoms with Gasteiger partial charge in [0.25, 0.3) is 0 Å². The molecule has 3 aromatic rings. The molecule has 2 aromatic carbocycles. The number of H-pyrrole nitrogens is 1. The summed E-state index contributed by atoms with van der Waals surface area (Å²) in [6.07, 6.45) is 3.95. The molecule has 142 valence electrons. The summed E-state index contributed by atoms with van der Waals surface area (Å²) in [6.45, 7) is 3.71. The summed E-state index contributed by atoms with van der Waals surface area (Å²) in [5.41, 5.74) is 4.91. The van der Waals surface area contributed by atoms with Crippen molar-refractivity contribution >= 4 is 16.9 Å². The lowest BCUT2D eigenvalue weighted by atomic mass is 10.1.